The first-order valence-electron chi connectivity index (χ1n) is 8.85. The van der Waals surface area contributed by atoms with Gasteiger partial charge < -0.3 is 20.5 Å². The van der Waals surface area contributed by atoms with Crippen molar-refractivity contribution in [2.45, 2.75) is 19.9 Å². The maximum Gasteiger partial charge on any atom is 0.225 e. The average Bonchev–Trinajstić information content (AvgIpc) is 2.70. The van der Waals surface area contributed by atoms with E-state index in [0.29, 0.717) is 24.1 Å². The fourth-order valence-corrected chi connectivity index (χ4v) is 2.44. The van der Waals surface area contributed by atoms with Crippen molar-refractivity contribution in [3.05, 3.63) is 54.7 Å². The topological polar surface area (TPSA) is 92.2 Å². The van der Waals surface area contributed by atoms with E-state index in [2.05, 4.69) is 25.6 Å². The van der Waals surface area contributed by atoms with Crippen LogP contribution in [-0.2, 0) is 0 Å². The first kappa shape index (κ1) is 18.6. The first-order valence-corrected chi connectivity index (χ1v) is 8.85. The lowest BCUT2D eigenvalue weighted by atomic mass is 10.2. The molecule has 3 rings (SSSR count). The highest BCUT2D eigenvalue weighted by Crippen LogP contribution is 2.24. The van der Waals surface area contributed by atoms with Crippen molar-refractivity contribution in [3.8, 4) is 17.1 Å². The number of pyridine rings is 1. The van der Waals surface area contributed by atoms with Crippen LogP contribution in [-0.4, -0.2) is 39.3 Å². The number of benzene rings is 1. The first-order chi connectivity index (χ1) is 13.2. The molecule has 0 aliphatic carbocycles. The van der Waals surface area contributed by atoms with Crippen molar-refractivity contribution < 1.29 is 9.84 Å². The number of rotatable bonds is 8. The fourth-order valence-electron chi connectivity index (χ4n) is 2.44. The molecule has 1 aromatic carbocycles. The predicted molar refractivity (Wildman–Crippen MR) is 106 cm³/mol. The lowest BCUT2D eigenvalue weighted by molar-refractivity contribution is 0.281. The summed E-state index contributed by atoms with van der Waals surface area (Å²) in [4.78, 5) is 13.4. The van der Waals surface area contributed by atoms with E-state index in [9.17, 15) is 5.11 Å². The van der Waals surface area contributed by atoms with Gasteiger partial charge in [-0.2, -0.15) is 4.98 Å². The molecule has 0 aliphatic heterocycles. The van der Waals surface area contributed by atoms with Gasteiger partial charge in [0.25, 0.3) is 0 Å². The van der Waals surface area contributed by atoms with Gasteiger partial charge in [0, 0.05) is 24.0 Å². The predicted octanol–water partition coefficient (Wildman–Crippen LogP) is 3.47. The van der Waals surface area contributed by atoms with Crippen LogP contribution in [0.3, 0.4) is 0 Å². The molecule has 1 atom stereocenters. The largest absolute Gasteiger partial charge is 0.494 e. The lowest BCUT2D eigenvalue weighted by Crippen LogP contribution is -2.21. The van der Waals surface area contributed by atoms with Crippen molar-refractivity contribution in [1.29, 1.82) is 0 Å². The van der Waals surface area contributed by atoms with E-state index in [1.807, 2.05) is 62.4 Å². The summed E-state index contributed by atoms with van der Waals surface area (Å²) in [7, 11) is 0. The number of nitrogens with zero attached hydrogens (tertiary/aromatic N) is 3. The second-order valence-corrected chi connectivity index (χ2v) is 5.99. The number of ether oxygens (including phenoxy) is 1. The summed E-state index contributed by atoms with van der Waals surface area (Å²) in [6.45, 7) is 4.42. The van der Waals surface area contributed by atoms with Crippen LogP contribution >= 0.6 is 0 Å². The summed E-state index contributed by atoms with van der Waals surface area (Å²) in [6, 6.07) is 15.0. The van der Waals surface area contributed by atoms with E-state index in [1.54, 1.807) is 6.20 Å². The van der Waals surface area contributed by atoms with Crippen molar-refractivity contribution in [1.82, 2.24) is 15.0 Å². The van der Waals surface area contributed by atoms with Gasteiger partial charge in [-0.05, 0) is 50.2 Å². The van der Waals surface area contributed by atoms with Crippen LogP contribution in [0.15, 0.2) is 54.7 Å². The minimum atomic E-state index is -0.165. The molecule has 27 heavy (non-hydrogen) atoms. The zero-order chi connectivity index (χ0) is 19.1. The summed E-state index contributed by atoms with van der Waals surface area (Å²) >= 11 is 0. The highest BCUT2D eigenvalue weighted by molar-refractivity contribution is 5.65. The molecule has 7 nitrogen and oxygen atoms in total. The molecule has 0 fully saturated rings. The minimum Gasteiger partial charge on any atom is -0.494 e. The standard InChI is InChI=1S/C20H23N5O2/c1-3-27-16-9-7-15(8-10-16)23-19-12-18(17-6-4-5-11-21-17)24-20(25-19)22-14(2)13-26/h4-12,14,26H,3,13H2,1-2H3,(H2,22,23,24,25)/t14-/m0/s1. The van der Waals surface area contributed by atoms with E-state index >= 15 is 0 Å². The van der Waals surface area contributed by atoms with Gasteiger partial charge in [-0.1, -0.05) is 6.07 Å². The molecule has 0 unspecified atom stereocenters. The van der Waals surface area contributed by atoms with Crippen LogP contribution in [0.1, 0.15) is 13.8 Å². The highest BCUT2D eigenvalue weighted by Gasteiger charge is 2.10. The average molecular weight is 365 g/mol. The van der Waals surface area contributed by atoms with E-state index in [1.165, 1.54) is 0 Å². The Bertz CT molecular complexity index is 856. The third kappa shape index (κ3) is 5.15. The molecule has 140 valence electrons. The SMILES string of the molecule is CCOc1ccc(Nc2cc(-c3ccccn3)nc(N[C@@H](C)CO)n2)cc1. The zero-order valence-corrected chi connectivity index (χ0v) is 15.4. The van der Waals surface area contributed by atoms with Crippen molar-refractivity contribution in [2.75, 3.05) is 23.8 Å². The number of nitrogens with one attached hydrogen (secondary N) is 2. The summed E-state index contributed by atoms with van der Waals surface area (Å²) in [5, 5.41) is 15.7. The van der Waals surface area contributed by atoms with Gasteiger partial charge >= 0.3 is 0 Å². The van der Waals surface area contributed by atoms with Crippen LogP contribution in [0.2, 0.25) is 0 Å². The quantitative estimate of drug-likeness (QED) is 0.563. The van der Waals surface area contributed by atoms with Gasteiger partial charge in [0.1, 0.15) is 11.6 Å². The van der Waals surface area contributed by atoms with Crippen LogP contribution in [0, 0.1) is 0 Å². The Morgan fingerprint density at radius 3 is 2.56 bits per heavy atom. The molecule has 0 aliphatic rings. The summed E-state index contributed by atoms with van der Waals surface area (Å²) in [5.74, 6) is 1.87. The van der Waals surface area contributed by atoms with Gasteiger partial charge in [0.15, 0.2) is 0 Å². The van der Waals surface area contributed by atoms with Crippen molar-refractivity contribution in [3.63, 3.8) is 0 Å². The molecule has 0 spiro atoms. The van der Waals surface area contributed by atoms with E-state index in [4.69, 9.17) is 4.74 Å². The molecule has 0 amide bonds. The normalized spacial score (nSPS) is 11.7. The molecule has 2 aromatic heterocycles. The molecule has 3 aromatic rings. The van der Waals surface area contributed by atoms with E-state index in [-0.39, 0.29) is 12.6 Å². The second kappa shape index (κ2) is 8.95. The van der Waals surface area contributed by atoms with Crippen LogP contribution in [0.5, 0.6) is 5.75 Å². The minimum absolute atomic E-state index is 0.0151. The number of aromatic nitrogens is 3. The summed E-state index contributed by atoms with van der Waals surface area (Å²) in [6.07, 6.45) is 1.72. The van der Waals surface area contributed by atoms with Gasteiger partial charge in [0.2, 0.25) is 5.95 Å². The summed E-state index contributed by atoms with van der Waals surface area (Å²) < 4.78 is 5.47. The van der Waals surface area contributed by atoms with Crippen LogP contribution in [0.4, 0.5) is 17.5 Å². The number of anilines is 3. The Morgan fingerprint density at radius 1 is 1.07 bits per heavy atom. The molecule has 0 saturated carbocycles. The smallest absolute Gasteiger partial charge is 0.225 e. The molecule has 0 bridgehead atoms. The van der Waals surface area contributed by atoms with Gasteiger partial charge in [-0.3, -0.25) is 4.98 Å². The van der Waals surface area contributed by atoms with Gasteiger partial charge in [-0.15, -0.1) is 0 Å². The number of aliphatic hydroxyl groups is 1. The Hall–Kier alpha value is -3.19. The zero-order valence-electron chi connectivity index (χ0n) is 15.4. The Labute approximate surface area is 158 Å². The molecule has 2 heterocycles. The number of hydrogen-bond donors (Lipinski definition) is 3. The highest BCUT2D eigenvalue weighted by atomic mass is 16.5. The fraction of sp³-hybridized carbons (Fsp3) is 0.250. The van der Waals surface area contributed by atoms with Crippen molar-refractivity contribution >= 4 is 17.5 Å². The maximum absolute atomic E-state index is 9.30. The van der Waals surface area contributed by atoms with Crippen LogP contribution < -0.4 is 15.4 Å². The third-order valence-electron chi connectivity index (χ3n) is 3.74. The van der Waals surface area contributed by atoms with Crippen molar-refractivity contribution in [2.24, 2.45) is 0 Å². The Morgan fingerprint density at radius 2 is 1.89 bits per heavy atom. The molecule has 0 radical (unpaired) electrons. The van der Waals surface area contributed by atoms with Crippen LogP contribution in [0.25, 0.3) is 11.4 Å². The Kier molecular flexibility index (Phi) is 6.17. The Balaban J connectivity index is 1.89. The second-order valence-electron chi connectivity index (χ2n) is 5.99. The van der Waals surface area contributed by atoms with E-state index in [0.717, 1.165) is 17.1 Å². The molecular weight excluding hydrogens is 342 g/mol. The lowest BCUT2D eigenvalue weighted by Gasteiger charge is -2.14. The maximum atomic E-state index is 9.30. The molecule has 7 heteroatoms. The van der Waals surface area contributed by atoms with Gasteiger partial charge in [-0.25, -0.2) is 4.98 Å². The summed E-state index contributed by atoms with van der Waals surface area (Å²) in [5.41, 5.74) is 2.31. The number of aliphatic hydroxyl groups excluding tert-OH is 1. The number of hydrogen-bond acceptors (Lipinski definition) is 7. The molecular formula is C20H23N5O2. The molecule has 0 saturated heterocycles. The van der Waals surface area contributed by atoms with Gasteiger partial charge in [0.05, 0.1) is 24.6 Å². The molecule has 3 N–H and O–H groups in total. The third-order valence-corrected chi connectivity index (χ3v) is 3.74. The van der Waals surface area contributed by atoms with E-state index < -0.39 is 0 Å². The monoisotopic (exact) mass is 365 g/mol.